The molecule has 1 heterocycles. The molecule has 3 rings (SSSR count). The molecular weight excluding hydrogens is 358 g/mol. The fourth-order valence-electron chi connectivity index (χ4n) is 3.46. The van der Waals surface area contributed by atoms with Gasteiger partial charge in [-0.1, -0.05) is 6.92 Å². The predicted molar refractivity (Wildman–Crippen MR) is 112 cm³/mol. The van der Waals surface area contributed by atoms with E-state index >= 15 is 0 Å². The topological polar surface area (TPSA) is 64.9 Å². The first-order valence-corrected chi connectivity index (χ1v) is 10.4. The molecule has 1 unspecified atom stereocenters. The number of thiophene rings is 1. The number of phenols is 1. The van der Waals surface area contributed by atoms with Gasteiger partial charge in [0.15, 0.2) is 0 Å². The fourth-order valence-corrected chi connectivity index (χ4v) is 4.56. The van der Waals surface area contributed by atoms with E-state index in [4.69, 9.17) is 0 Å². The molecule has 2 N–H and O–H groups in total. The van der Waals surface area contributed by atoms with E-state index in [1.807, 2.05) is 18.2 Å². The van der Waals surface area contributed by atoms with Crippen LogP contribution in [0.5, 0.6) is 5.75 Å². The van der Waals surface area contributed by atoms with Gasteiger partial charge in [0.05, 0.1) is 11.1 Å². The zero-order valence-corrected chi connectivity index (χ0v) is 17.0. The van der Waals surface area contributed by atoms with Crippen LogP contribution in [0.2, 0.25) is 0 Å². The molecule has 0 fully saturated rings. The van der Waals surface area contributed by atoms with Crippen molar-refractivity contribution < 1.29 is 9.90 Å². The predicted octanol–water partition coefficient (Wildman–Crippen LogP) is 4.19. The molecule has 1 aliphatic carbocycles. The van der Waals surface area contributed by atoms with Gasteiger partial charge < -0.3 is 10.0 Å². The maximum atomic E-state index is 12.4. The summed E-state index contributed by atoms with van der Waals surface area (Å²) >= 11 is 1.56. The van der Waals surface area contributed by atoms with E-state index in [1.54, 1.807) is 17.4 Å². The number of benzene rings is 1. The standard InChI is InChI=1S/C21H27N3O2S/c1-4-24(5-2)17-8-7-15(18(25)12-17)13-22-23-21(26)20-11-16-10-14(3)6-9-19(16)27-20/h7-8,11-14,25H,4-6,9-10H2,1-3H3,(H,23,26). The minimum atomic E-state index is -0.197. The van der Waals surface area contributed by atoms with E-state index in [1.165, 1.54) is 23.1 Å². The Kier molecular flexibility index (Phi) is 6.16. The van der Waals surface area contributed by atoms with Crippen LogP contribution >= 0.6 is 11.3 Å². The molecule has 27 heavy (non-hydrogen) atoms. The monoisotopic (exact) mass is 385 g/mol. The van der Waals surface area contributed by atoms with Crippen LogP contribution in [0, 0.1) is 5.92 Å². The van der Waals surface area contributed by atoms with Crippen molar-refractivity contribution in [2.45, 2.75) is 40.0 Å². The Morgan fingerprint density at radius 1 is 1.37 bits per heavy atom. The summed E-state index contributed by atoms with van der Waals surface area (Å²) < 4.78 is 0. The lowest BCUT2D eigenvalue weighted by Gasteiger charge is -2.21. The van der Waals surface area contributed by atoms with Crippen molar-refractivity contribution in [2.24, 2.45) is 11.0 Å². The highest BCUT2D eigenvalue weighted by Gasteiger charge is 2.20. The fraction of sp³-hybridized carbons (Fsp3) is 0.429. The summed E-state index contributed by atoms with van der Waals surface area (Å²) in [6.07, 6.45) is 4.78. The summed E-state index contributed by atoms with van der Waals surface area (Å²) in [4.78, 5) is 16.5. The van der Waals surface area contributed by atoms with E-state index in [0.717, 1.165) is 31.6 Å². The van der Waals surface area contributed by atoms with Gasteiger partial charge in [0.2, 0.25) is 0 Å². The molecule has 6 heteroatoms. The van der Waals surface area contributed by atoms with Crippen LogP contribution in [0.1, 0.15) is 52.9 Å². The largest absolute Gasteiger partial charge is 0.507 e. The molecule has 0 bridgehead atoms. The van der Waals surface area contributed by atoms with E-state index in [9.17, 15) is 9.90 Å². The second-order valence-electron chi connectivity index (χ2n) is 7.02. The number of aryl methyl sites for hydroxylation is 1. The first-order chi connectivity index (χ1) is 13.0. The number of amides is 1. The smallest absolute Gasteiger partial charge is 0.281 e. The summed E-state index contributed by atoms with van der Waals surface area (Å²) in [7, 11) is 0. The van der Waals surface area contributed by atoms with Crippen LogP contribution in [0.3, 0.4) is 0 Å². The number of carbonyl (C=O) groups excluding carboxylic acids is 1. The third-order valence-corrected chi connectivity index (χ3v) is 6.30. The average molecular weight is 386 g/mol. The van der Waals surface area contributed by atoms with Crippen LogP contribution in [0.25, 0.3) is 0 Å². The van der Waals surface area contributed by atoms with Crippen LogP contribution in [-0.2, 0) is 12.8 Å². The first-order valence-electron chi connectivity index (χ1n) is 9.54. The maximum Gasteiger partial charge on any atom is 0.281 e. The zero-order valence-electron chi connectivity index (χ0n) is 16.2. The Balaban J connectivity index is 1.64. The van der Waals surface area contributed by atoms with Gasteiger partial charge in [-0.15, -0.1) is 11.3 Å². The second kappa shape index (κ2) is 8.57. The molecule has 1 aromatic heterocycles. The number of phenolic OH excluding ortho intramolecular Hbond substituents is 1. The lowest BCUT2D eigenvalue weighted by atomic mass is 9.90. The highest BCUT2D eigenvalue weighted by molar-refractivity contribution is 7.14. The number of aromatic hydroxyl groups is 1. The van der Waals surface area contributed by atoms with E-state index < -0.39 is 0 Å². The highest BCUT2D eigenvalue weighted by Crippen LogP contribution is 2.32. The van der Waals surface area contributed by atoms with Crippen molar-refractivity contribution >= 4 is 29.1 Å². The minimum absolute atomic E-state index is 0.151. The number of nitrogens with zero attached hydrogens (tertiary/aromatic N) is 2. The molecule has 1 aromatic carbocycles. The van der Waals surface area contributed by atoms with Gasteiger partial charge in [0, 0.05) is 35.3 Å². The molecule has 0 saturated heterocycles. The summed E-state index contributed by atoms with van der Waals surface area (Å²) in [5, 5.41) is 14.2. The number of carbonyl (C=O) groups is 1. The van der Waals surface area contributed by atoms with Gasteiger partial charge in [-0.2, -0.15) is 5.10 Å². The molecule has 0 saturated carbocycles. The van der Waals surface area contributed by atoms with Gasteiger partial charge in [-0.05, 0) is 62.8 Å². The van der Waals surface area contributed by atoms with Crippen LogP contribution in [-0.4, -0.2) is 30.3 Å². The number of fused-ring (bicyclic) bond motifs is 1. The lowest BCUT2D eigenvalue weighted by molar-refractivity contribution is 0.0959. The SMILES string of the molecule is CCN(CC)c1ccc(C=NNC(=O)c2cc3c(s2)CCC(C)C3)c(O)c1. The molecule has 144 valence electrons. The first kappa shape index (κ1) is 19.4. The van der Waals surface area contributed by atoms with E-state index in [-0.39, 0.29) is 11.7 Å². The molecule has 1 atom stereocenters. The van der Waals surface area contributed by atoms with Crippen LogP contribution in [0.4, 0.5) is 5.69 Å². The highest BCUT2D eigenvalue weighted by atomic mass is 32.1. The Bertz CT molecular complexity index is 840. The van der Waals surface area contributed by atoms with Gasteiger partial charge in [0.25, 0.3) is 5.91 Å². The number of nitrogens with one attached hydrogen (secondary N) is 1. The van der Waals surface area contributed by atoms with Crippen LogP contribution < -0.4 is 10.3 Å². The molecule has 0 aliphatic heterocycles. The van der Waals surface area contributed by atoms with Crippen molar-refractivity contribution in [1.29, 1.82) is 0 Å². The van der Waals surface area contributed by atoms with Crippen molar-refractivity contribution in [1.82, 2.24) is 5.43 Å². The quantitative estimate of drug-likeness (QED) is 0.579. The molecule has 2 aromatic rings. The summed E-state index contributed by atoms with van der Waals surface area (Å²) in [5.41, 5.74) is 5.42. The summed E-state index contributed by atoms with van der Waals surface area (Å²) in [6.45, 7) is 8.16. The molecule has 1 aliphatic rings. The zero-order chi connectivity index (χ0) is 19.4. The second-order valence-corrected chi connectivity index (χ2v) is 8.16. The number of hydrazone groups is 1. The Hall–Kier alpha value is -2.34. The van der Waals surface area contributed by atoms with Crippen molar-refractivity contribution in [3.63, 3.8) is 0 Å². The Labute approximate surface area is 164 Å². The third kappa shape index (κ3) is 4.50. The van der Waals surface area contributed by atoms with Gasteiger partial charge in [0.1, 0.15) is 5.75 Å². The minimum Gasteiger partial charge on any atom is -0.507 e. The number of anilines is 1. The molecule has 5 nitrogen and oxygen atoms in total. The third-order valence-electron chi connectivity index (χ3n) is 5.07. The summed E-state index contributed by atoms with van der Waals surface area (Å²) in [6, 6.07) is 7.48. The van der Waals surface area contributed by atoms with E-state index in [0.29, 0.717) is 16.4 Å². The van der Waals surface area contributed by atoms with Gasteiger partial charge in [-0.25, -0.2) is 5.43 Å². The van der Waals surface area contributed by atoms with E-state index in [2.05, 4.69) is 36.2 Å². The average Bonchev–Trinajstić information content (AvgIpc) is 3.07. The molecule has 1 amide bonds. The molecular formula is C21H27N3O2S. The van der Waals surface area contributed by atoms with Crippen LogP contribution in [0.15, 0.2) is 29.4 Å². The molecule has 0 spiro atoms. The van der Waals surface area contributed by atoms with Gasteiger partial charge >= 0.3 is 0 Å². The lowest BCUT2D eigenvalue weighted by Crippen LogP contribution is -2.21. The number of hydrogen-bond donors (Lipinski definition) is 2. The van der Waals surface area contributed by atoms with Crippen molar-refractivity contribution in [3.05, 3.63) is 45.1 Å². The Morgan fingerprint density at radius 3 is 2.85 bits per heavy atom. The van der Waals surface area contributed by atoms with Gasteiger partial charge in [-0.3, -0.25) is 4.79 Å². The number of rotatable bonds is 6. The normalized spacial score (nSPS) is 16.3. The molecule has 0 radical (unpaired) electrons. The van der Waals surface area contributed by atoms with Crippen molar-refractivity contribution in [2.75, 3.05) is 18.0 Å². The summed E-state index contributed by atoms with van der Waals surface area (Å²) in [5.74, 6) is 0.638. The van der Waals surface area contributed by atoms with Crippen molar-refractivity contribution in [3.8, 4) is 5.75 Å². The Morgan fingerprint density at radius 2 is 2.15 bits per heavy atom. The maximum absolute atomic E-state index is 12.4. The number of hydrogen-bond acceptors (Lipinski definition) is 5.